The molecule has 1 saturated carbocycles. The molecule has 0 saturated heterocycles. The van der Waals surface area contributed by atoms with Gasteiger partial charge in [-0.05, 0) is 38.3 Å². The molecule has 5 aromatic rings. The first kappa shape index (κ1) is 32.8. The van der Waals surface area contributed by atoms with Crippen LogP contribution in [0.5, 0.6) is 5.88 Å². The van der Waals surface area contributed by atoms with Crippen LogP contribution >= 0.6 is 0 Å². The van der Waals surface area contributed by atoms with Gasteiger partial charge >= 0.3 is 6.18 Å². The van der Waals surface area contributed by atoms with Crippen molar-refractivity contribution in [2.75, 3.05) is 13.7 Å². The summed E-state index contributed by atoms with van der Waals surface area (Å²) < 4.78 is 55.4. The quantitative estimate of drug-likeness (QED) is 0.0996. The molecule has 4 aromatic heterocycles. The number of rotatable bonds is 12. The van der Waals surface area contributed by atoms with Crippen LogP contribution < -0.4 is 4.74 Å². The van der Waals surface area contributed by atoms with Crippen molar-refractivity contribution < 1.29 is 22.6 Å². The lowest BCUT2D eigenvalue weighted by atomic mass is 10.1. The fraction of sp³-hybridized carbons (Fsp3) is 0.455. The summed E-state index contributed by atoms with van der Waals surface area (Å²) in [6, 6.07) is 8.20. The average molecular weight is 665 g/mol. The van der Waals surface area contributed by atoms with Crippen LogP contribution in [0.3, 0.4) is 0 Å². The van der Waals surface area contributed by atoms with Gasteiger partial charge in [0.1, 0.15) is 35.5 Å². The fourth-order valence-corrected chi connectivity index (χ4v) is 6.16. The number of aromatic nitrogens is 8. The van der Waals surface area contributed by atoms with E-state index < -0.39 is 19.9 Å². The highest BCUT2D eigenvalue weighted by Crippen LogP contribution is 2.45. The van der Waals surface area contributed by atoms with Crippen molar-refractivity contribution in [3.8, 4) is 28.7 Å². The average Bonchev–Trinajstić information content (AvgIpc) is 3.67. The molecule has 4 heterocycles. The second-order valence-electron chi connectivity index (χ2n) is 13.5. The van der Waals surface area contributed by atoms with Crippen molar-refractivity contribution in [3.05, 3.63) is 65.6 Å². The van der Waals surface area contributed by atoms with Gasteiger partial charge in [-0.25, -0.2) is 29.6 Å². The minimum Gasteiger partial charge on any atom is -0.480 e. The third kappa shape index (κ3) is 7.22. The zero-order valence-corrected chi connectivity index (χ0v) is 28.5. The van der Waals surface area contributed by atoms with Crippen molar-refractivity contribution in [2.24, 2.45) is 0 Å². The van der Waals surface area contributed by atoms with Crippen LogP contribution in [0.1, 0.15) is 61.3 Å². The van der Waals surface area contributed by atoms with E-state index in [1.165, 1.54) is 6.33 Å². The van der Waals surface area contributed by atoms with Gasteiger partial charge in [-0.1, -0.05) is 43.9 Å². The number of imidazole rings is 1. The first-order valence-electron chi connectivity index (χ1n) is 15.8. The molecule has 10 nitrogen and oxygen atoms in total. The molecule has 1 fully saturated rings. The van der Waals surface area contributed by atoms with E-state index >= 15 is 0 Å². The van der Waals surface area contributed by atoms with Crippen LogP contribution in [0.2, 0.25) is 25.7 Å². The number of ether oxygens (including phenoxy) is 2. The van der Waals surface area contributed by atoms with Gasteiger partial charge in [-0.15, -0.1) is 0 Å². The number of benzene rings is 1. The lowest BCUT2D eigenvalue weighted by Gasteiger charge is -2.15. The Morgan fingerprint density at radius 1 is 1.02 bits per heavy atom. The Hall–Kier alpha value is -4.17. The zero-order valence-electron chi connectivity index (χ0n) is 27.5. The third-order valence-corrected chi connectivity index (χ3v) is 9.86. The maximum absolute atomic E-state index is 13.5. The normalized spacial score (nSPS) is 14.0. The lowest BCUT2D eigenvalue weighted by molar-refractivity contribution is -0.140. The van der Waals surface area contributed by atoms with Gasteiger partial charge in [-0.3, -0.25) is 0 Å². The number of hydrogen-bond donors (Lipinski definition) is 0. The summed E-state index contributed by atoms with van der Waals surface area (Å²) in [5.74, 6) is 1.48. The summed E-state index contributed by atoms with van der Waals surface area (Å²) in [5, 5.41) is 4.91. The maximum atomic E-state index is 13.5. The molecule has 6 rings (SSSR count). The monoisotopic (exact) mass is 664 g/mol. The van der Waals surface area contributed by atoms with E-state index in [9.17, 15) is 13.2 Å². The Morgan fingerprint density at radius 2 is 1.77 bits per heavy atom. The first-order chi connectivity index (χ1) is 22.3. The number of methoxy groups -OCH3 is 1. The number of alkyl halides is 3. The van der Waals surface area contributed by atoms with Crippen molar-refractivity contribution >= 4 is 19.1 Å². The van der Waals surface area contributed by atoms with Crippen LogP contribution in [-0.2, 0) is 24.1 Å². The molecule has 0 N–H and O–H groups in total. The van der Waals surface area contributed by atoms with Gasteiger partial charge in [0.2, 0.25) is 5.88 Å². The summed E-state index contributed by atoms with van der Waals surface area (Å²) >= 11 is 0. The number of fused-ring (bicyclic) bond motifs is 1. The minimum absolute atomic E-state index is 0.195. The second kappa shape index (κ2) is 12.8. The molecule has 248 valence electrons. The predicted octanol–water partition coefficient (Wildman–Crippen LogP) is 7.54. The molecule has 1 aromatic carbocycles. The van der Waals surface area contributed by atoms with Crippen LogP contribution in [0.25, 0.3) is 33.8 Å². The highest BCUT2D eigenvalue weighted by Gasteiger charge is 2.35. The standard InChI is InChI=1S/C33H39F3N8O2Si/c1-20(2)43-17-26(33(34,35)36)40-31(43)23-9-7-21(8-10-23)15-24-29-25(44(42-24)19-46-13-14-47(4,5)6)16-37-30(41-29)27-28(22-11-12-22)38-18-39-32(27)45-3/h7-10,16-18,20,22H,11-15,19H2,1-6H3. The number of hydrogen-bond acceptors (Lipinski definition) is 8. The van der Waals surface area contributed by atoms with E-state index in [0.717, 1.165) is 47.6 Å². The smallest absolute Gasteiger partial charge is 0.434 e. The molecule has 0 bridgehead atoms. The van der Waals surface area contributed by atoms with E-state index in [-0.39, 0.29) is 18.6 Å². The third-order valence-electron chi connectivity index (χ3n) is 8.16. The van der Waals surface area contributed by atoms with E-state index in [1.54, 1.807) is 34.7 Å². The Balaban J connectivity index is 1.35. The van der Waals surface area contributed by atoms with Gasteiger partial charge in [0.15, 0.2) is 11.5 Å². The van der Waals surface area contributed by atoms with E-state index in [1.807, 2.05) is 26.0 Å². The lowest BCUT2D eigenvalue weighted by Crippen LogP contribution is -2.22. The van der Waals surface area contributed by atoms with Crippen LogP contribution in [0, 0.1) is 0 Å². The molecule has 1 aliphatic rings. The predicted molar refractivity (Wildman–Crippen MR) is 175 cm³/mol. The Morgan fingerprint density at radius 3 is 2.40 bits per heavy atom. The number of nitrogens with zero attached hydrogens (tertiary/aromatic N) is 8. The highest BCUT2D eigenvalue weighted by atomic mass is 28.3. The first-order valence-corrected chi connectivity index (χ1v) is 19.5. The zero-order chi connectivity index (χ0) is 33.5. The molecular weight excluding hydrogens is 625 g/mol. The van der Waals surface area contributed by atoms with Crippen LogP contribution in [-0.4, -0.2) is 61.1 Å². The topological polar surface area (TPSA) is 106 Å². The van der Waals surface area contributed by atoms with Gasteiger partial charge in [0, 0.05) is 44.8 Å². The summed E-state index contributed by atoms with van der Waals surface area (Å²) in [6.45, 7) is 11.5. The van der Waals surface area contributed by atoms with Gasteiger partial charge < -0.3 is 14.0 Å². The van der Waals surface area contributed by atoms with Crippen LogP contribution in [0.15, 0.2) is 43.0 Å². The summed E-state index contributed by atoms with van der Waals surface area (Å²) in [6.07, 6.45) is 2.32. The second-order valence-corrected chi connectivity index (χ2v) is 19.1. The molecular formula is C33H39F3N8O2Si. The maximum Gasteiger partial charge on any atom is 0.434 e. The van der Waals surface area contributed by atoms with Crippen molar-refractivity contribution in [3.63, 3.8) is 0 Å². The van der Waals surface area contributed by atoms with Gasteiger partial charge in [-0.2, -0.15) is 18.3 Å². The van der Waals surface area contributed by atoms with Crippen molar-refractivity contribution in [1.29, 1.82) is 0 Å². The molecule has 0 atom stereocenters. The van der Waals surface area contributed by atoms with Gasteiger partial charge in [0.05, 0.1) is 24.7 Å². The fourth-order valence-electron chi connectivity index (χ4n) is 5.41. The van der Waals surface area contributed by atoms with Crippen LogP contribution in [0.4, 0.5) is 13.2 Å². The highest BCUT2D eigenvalue weighted by molar-refractivity contribution is 6.76. The van der Waals surface area contributed by atoms with E-state index in [4.69, 9.17) is 24.5 Å². The molecule has 47 heavy (non-hydrogen) atoms. The molecule has 0 unspecified atom stereocenters. The SMILES string of the molecule is COc1ncnc(C2CC2)c1-c1ncc2c(n1)c(Cc1ccc(-c3nc(C(F)(F)F)cn3C(C)C)cc1)nn2COCC[Si](C)(C)C. The van der Waals surface area contributed by atoms with Crippen molar-refractivity contribution in [2.45, 2.75) is 83.7 Å². The minimum atomic E-state index is -4.52. The molecule has 0 radical (unpaired) electrons. The van der Waals surface area contributed by atoms with Crippen molar-refractivity contribution in [1.82, 2.24) is 39.3 Å². The molecule has 0 aliphatic heterocycles. The Kier molecular flexibility index (Phi) is 8.91. The summed E-state index contributed by atoms with van der Waals surface area (Å²) in [4.78, 5) is 22.6. The Bertz CT molecular complexity index is 1880. The van der Waals surface area contributed by atoms with E-state index in [2.05, 4.69) is 34.6 Å². The molecule has 1 aliphatic carbocycles. The summed E-state index contributed by atoms with van der Waals surface area (Å²) in [5.41, 5.74) is 4.29. The largest absolute Gasteiger partial charge is 0.480 e. The van der Waals surface area contributed by atoms with E-state index in [0.29, 0.717) is 47.3 Å². The molecule has 0 amide bonds. The van der Waals surface area contributed by atoms with Gasteiger partial charge in [0.25, 0.3) is 0 Å². The summed E-state index contributed by atoms with van der Waals surface area (Å²) in [7, 11) is 0.302. The Labute approximate surface area is 272 Å². The molecule has 0 spiro atoms. The molecule has 14 heteroatoms. The number of halogens is 3.